The van der Waals surface area contributed by atoms with Gasteiger partial charge in [0.2, 0.25) is 0 Å². The number of nitro groups is 2. The van der Waals surface area contributed by atoms with E-state index in [1.54, 1.807) is 24.3 Å². The standard InChI is InChI=1S/C18H14N4O7S2/c1-28-12-4-6-15(29-2)10(7-12)8-16-17(23)20(18(30)31-16)19-13-5-3-11(21(24)25)9-14(13)22(26)27/h3-9,19H,1-2H3/b16-8+. The van der Waals surface area contributed by atoms with Crippen molar-refractivity contribution in [3.05, 3.63) is 67.1 Å². The van der Waals surface area contributed by atoms with Crippen LogP contribution in [0, 0.1) is 20.2 Å². The Balaban J connectivity index is 1.92. The second-order valence-electron chi connectivity index (χ2n) is 5.95. The van der Waals surface area contributed by atoms with Crippen molar-refractivity contribution in [2.45, 2.75) is 0 Å². The van der Waals surface area contributed by atoms with Gasteiger partial charge in [-0.05, 0) is 42.6 Å². The molecule has 0 saturated carbocycles. The number of thioether (sulfide) groups is 1. The number of carbonyl (C=O) groups is 1. The molecular formula is C18H14N4O7S2. The fourth-order valence-electron chi connectivity index (χ4n) is 2.66. The number of benzene rings is 2. The second-order valence-corrected chi connectivity index (χ2v) is 7.63. The molecule has 1 fully saturated rings. The number of ether oxygens (including phenoxy) is 2. The Morgan fingerprint density at radius 1 is 1.10 bits per heavy atom. The topological polar surface area (TPSA) is 137 Å². The average molecular weight is 462 g/mol. The summed E-state index contributed by atoms with van der Waals surface area (Å²) in [4.78, 5) is 33.8. The maximum absolute atomic E-state index is 12.9. The van der Waals surface area contributed by atoms with E-state index in [9.17, 15) is 25.0 Å². The van der Waals surface area contributed by atoms with Crippen LogP contribution in [0.2, 0.25) is 0 Å². The molecule has 0 bridgehead atoms. The van der Waals surface area contributed by atoms with E-state index >= 15 is 0 Å². The highest BCUT2D eigenvalue weighted by atomic mass is 32.2. The van der Waals surface area contributed by atoms with E-state index in [0.717, 1.165) is 35.0 Å². The number of hydrogen-bond donors (Lipinski definition) is 1. The van der Waals surface area contributed by atoms with Crippen molar-refractivity contribution >= 4 is 57.3 Å². The normalized spacial score (nSPS) is 14.6. The van der Waals surface area contributed by atoms with Gasteiger partial charge in [-0.2, -0.15) is 0 Å². The molecule has 2 aromatic rings. The second kappa shape index (κ2) is 8.97. The SMILES string of the molecule is COc1ccc(OC)c(/C=C2/SC(=S)N(Nc3ccc([N+](=O)[O-])cc3[N+](=O)[O-])C2=O)c1. The molecule has 3 rings (SSSR count). The lowest BCUT2D eigenvalue weighted by Crippen LogP contribution is -2.34. The maximum atomic E-state index is 12.9. The molecule has 31 heavy (non-hydrogen) atoms. The summed E-state index contributed by atoms with van der Waals surface area (Å²) >= 11 is 6.21. The number of hydrogen-bond acceptors (Lipinski definition) is 10. The summed E-state index contributed by atoms with van der Waals surface area (Å²) in [6.45, 7) is 0. The van der Waals surface area contributed by atoms with Crippen LogP contribution in [-0.4, -0.2) is 39.3 Å². The van der Waals surface area contributed by atoms with Gasteiger partial charge in [-0.1, -0.05) is 11.8 Å². The minimum atomic E-state index is -0.788. The van der Waals surface area contributed by atoms with Crippen molar-refractivity contribution in [2.24, 2.45) is 0 Å². The van der Waals surface area contributed by atoms with Crippen molar-refractivity contribution in [1.82, 2.24) is 5.01 Å². The summed E-state index contributed by atoms with van der Waals surface area (Å²) in [5.74, 6) is 0.514. The van der Waals surface area contributed by atoms with Crippen molar-refractivity contribution in [1.29, 1.82) is 0 Å². The molecule has 0 atom stereocenters. The Labute approximate surface area is 184 Å². The molecule has 1 N–H and O–H groups in total. The number of nitrogens with zero attached hydrogens (tertiary/aromatic N) is 3. The maximum Gasteiger partial charge on any atom is 0.300 e. The summed E-state index contributed by atoms with van der Waals surface area (Å²) in [5.41, 5.74) is 2.02. The van der Waals surface area contributed by atoms with Crippen molar-refractivity contribution in [3.63, 3.8) is 0 Å². The zero-order valence-electron chi connectivity index (χ0n) is 16.1. The number of methoxy groups -OCH3 is 2. The largest absolute Gasteiger partial charge is 0.497 e. The van der Waals surface area contributed by atoms with Crippen LogP contribution < -0.4 is 14.9 Å². The third-order valence-corrected chi connectivity index (χ3v) is 5.44. The first-order chi connectivity index (χ1) is 14.7. The number of non-ortho nitro benzene ring substituents is 1. The predicted molar refractivity (Wildman–Crippen MR) is 118 cm³/mol. The van der Waals surface area contributed by atoms with Crippen LogP contribution in [0.5, 0.6) is 11.5 Å². The van der Waals surface area contributed by atoms with Gasteiger partial charge in [0.25, 0.3) is 11.6 Å². The smallest absolute Gasteiger partial charge is 0.300 e. The van der Waals surface area contributed by atoms with Gasteiger partial charge in [0, 0.05) is 11.6 Å². The highest BCUT2D eigenvalue weighted by molar-refractivity contribution is 8.26. The molecule has 1 aliphatic rings. The number of hydrazine groups is 1. The van der Waals surface area contributed by atoms with Crippen molar-refractivity contribution in [2.75, 3.05) is 19.6 Å². The summed E-state index contributed by atoms with van der Waals surface area (Å²) in [5, 5.41) is 23.2. The summed E-state index contributed by atoms with van der Waals surface area (Å²) in [6, 6.07) is 8.10. The first kappa shape index (κ1) is 22.0. The predicted octanol–water partition coefficient (Wildman–Crippen LogP) is 3.75. The van der Waals surface area contributed by atoms with E-state index in [2.05, 4.69) is 5.43 Å². The van der Waals surface area contributed by atoms with Gasteiger partial charge >= 0.3 is 5.69 Å². The fourth-order valence-corrected chi connectivity index (χ4v) is 3.83. The lowest BCUT2D eigenvalue weighted by Gasteiger charge is -2.16. The van der Waals surface area contributed by atoms with Gasteiger partial charge in [0.05, 0.1) is 35.0 Å². The number of nitrogens with one attached hydrogen (secondary N) is 1. The van der Waals surface area contributed by atoms with E-state index in [4.69, 9.17) is 21.7 Å². The third-order valence-electron chi connectivity index (χ3n) is 4.14. The van der Waals surface area contributed by atoms with Crippen molar-refractivity contribution in [3.8, 4) is 11.5 Å². The number of thiocarbonyl (C=S) groups is 1. The molecule has 1 heterocycles. The Morgan fingerprint density at radius 2 is 1.84 bits per heavy atom. The molecule has 1 amide bonds. The van der Waals surface area contributed by atoms with E-state index in [1.807, 2.05) is 0 Å². The third kappa shape index (κ3) is 4.57. The fraction of sp³-hybridized carbons (Fsp3) is 0.111. The number of rotatable bonds is 7. The minimum Gasteiger partial charge on any atom is -0.497 e. The summed E-state index contributed by atoms with van der Waals surface area (Å²) in [6.07, 6.45) is 1.56. The Hall–Kier alpha value is -3.71. The van der Waals surface area contributed by atoms with Crippen LogP contribution >= 0.6 is 24.0 Å². The molecule has 1 aliphatic heterocycles. The van der Waals surface area contributed by atoms with Gasteiger partial charge < -0.3 is 9.47 Å². The molecule has 0 spiro atoms. The van der Waals surface area contributed by atoms with E-state index in [0.29, 0.717) is 17.1 Å². The minimum absolute atomic E-state index is 0.103. The molecular weight excluding hydrogens is 448 g/mol. The molecule has 0 radical (unpaired) electrons. The van der Waals surface area contributed by atoms with Gasteiger partial charge in [0.1, 0.15) is 17.2 Å². The van der Waals surface area contributed by atoms with Crippen LogP contribution in [0.3, 0.4) is 0 Å². The average Bonchev–Trinajstić information content (AvgIpc) is 3.00. The molecule has 0 aliphatic carbocycles. The van der Waals surface area contributed by atoms with Crippen LogP contribution in [0.25, 0.3) is 6.08 Å². The highest BCUT2D eigenvalue weighted by Gasteiger charge is 2.34. The van der Waals surface area contributed by atoms with Crippen LogP contribution in [0.1, 0.15) is 5.56 Å². The molecule has 0 unspecified atom stereocenters. The zero-order chi connectivity index (χ0) is 22.7. The first-order valence-corrected chi connectivity index (χ1v) is 9.67. The zero-order valence-corrected chi connectivity index (χ0v) is 17.7. The molecule has 13 heteroatoms. The number of anilines is 1. The van der Waals surface area contributed by atoms with E-state index in [-0.39, 0.29) is 14.9 Å². The lowest BCUT2D eigenvalue weighted by molar-refractivity contribution is -0.393. The summed E-state index contributed by atoms with van der Waals surface area (Å²) < 4.78 is 10.6. The Kier molecular flexibility index (Phi) is 6.36. The van der Waals surface area contributed by atoms with Gasteiger partial charge in [-0.25, -0.2) is 5.01 Å². The van der Waals surface area contributed by atoms with E-state index in [1.165, 1.54) is 14.2 Å². The molecule has 160 valence electrons. The Bertz CT molecular complexity index is 1140. The van der Waals surface area contributed by atoms with Gasteiger partial charge in [-0.3, -0.25) is 30.4 Å². The van der Waals surface area contributed by atoms with E-state index < -0.39 is 27.1 Å². The molecule has 11 nitrogen and oxygen atoms in total. The number of nitro benzene ring substituents is 2. The monoisotopic (exact) mass is 462 g/mol. The van der Waals surface area contributed by atoms with Gasteiger partial charge in [-0.15, -0.1) is 0 Å². The van der Waals surface area contributed by atoms with Crippen LogP contribution in [0.15, 0.2) is 41.3 Å². The summed E-state index contributed by atoms with van der Waals surface area (Å²) in [7, 11) is 2.99. The molecule has 0 aromatic heterocycles. The number of carbonyl (C=O) groups excluding carboxylic acids is 1. The number of amides is 1. The lowest BCUT2D eigenvalue weighted by atomic mass is 10.1. The van der Waals surface area contributed by atoms with Gasteiger partial charge in [0.15, 0.2) is 4.32 Å². The first-order valence-electron chi connectivity index (χ1n) is 8.44. The Morgan fingerprint density at radius 3 is 2.45 bits per heavy atom. The van der Waals surface area contributed by atoms with Crippen LogP contribution in [-0.2, 0) is 4.79 Å². The van der Waals surface area contributed by atoms with Crippen LogP contribution in [0.4, 0.5) is 17.1 Å². The molecule has 2 aromatic carbocycles. The van der Waals surface area contributed by atoms with Crippen molar-refractivity contribution < 1.29 is 24.1 Å². The highest BCUT2D eigenvalue weighted by Crippen LogP contribution is 2.37. The quantitative estimate of drug-likeness (QED) is 0.280. The molecule has 1 saturated heterocycles.